The van der Waals surface area contributed by atoms with Gasteiger partial charge in [0.05, 0.1) is 13.2 Å². The second-order valence-electron chi connectivity index (χ2n) is 5.15. The quantitative estimate of drug-likeness (QED) is 0.716. The number of aromatic nitrogens is 2. The van der Waals surface area contributed by atoms with E-state index in [4.69, 9.17) is 9.15 Å². The fourth-order valence-electron chi connectivity index (χ4n) is 2.30. The Kier molecular flexibility index (Phi) is 5.65. The number of rotatable bonds is 6. The van der Waals surface area contributed by atoms with E-state index in [9.17, 15) is 4.79 Å². The van der Waals surface area contributed by atoms with Crippen molar-refractivity contribution in [1.29, 1.82) is 0 Å². The lowest BCUT2D eigenvalue weighted by Crippen LogP contribution is -2.36. The van der Waals surface area contributed by atoms with E-state index in [1.165, 1.54) is 6.33 Å². The molecule has 3 heterocycles. The molecule has 9 heteroatoms. The van der Waals surface area contributed by atoms with Crippen molar-refractivity contribution in [3.05, 3.63) is 35.0 Å². The molecule has 2 aromatic rings. The summed E-state index contributed by atoms with van der Waals surface area (Å²) in [4.78, 5) is 22.5. The van der Waals surface area contributed by atoms with E-state index in [0.717, 1.165) is 24.7 Å². The highest BCUT2D eigenvalue weighted by atomic mass is 79.9. The van der Waals surface area contributed by atoms with E-state index in [1.54, 1.807) is 12.1 Å². The lowest BCUT2D eigenvalue weighted by Gasteiger charge is -2.27. The van der Waals surface area contributed by atoms with Gasteiger partial charge in [-0.1, -0.05) is 0 Å². The van der Waals surface area contributed by atoms with E-state index in [0.29, 0.717) is 31.0 Å². The van der Waals surface area contributed by atoms with Crippen molar-refractivity contribution < 1.29 is 13.9 Å². The summed E-state index contributed by atoms with van der Waals surface area (Å²) in [7, 11) is 0. The Morgan fingerprint density at radius 1 is 1.25 bits per heavy atom. The number of morpholine rings is 1. The minimum atomic E-state index is -0.251. The molecule has 128 valence electrons. The molecule has 3 rings (SSSR count). The van der Waals surface area contributed by atoms with Crippen molar-refractivity contribution in [3.63, 3.8) is 0 Å². The van der Waals surface area contributed by atoms with E-state index >= 15 is 0 Å². The number of carbonyl (C=O) groups is 1. The molecule has 0 spiro atoms. The van der Waals surface area contributed by atoms with Crippen LogP contribution in [0.3, 0.4) is 0 Å². The van der Waals surface area contributed by atoms with Crippen molar-refractivity contribution >= 4 is 33.5 Å². The summed E-state index contributed by atoms with van der Waals surface area (Å²) in [5.74, 6) is 1.62. The maximum absolute atomic E-state index is 11.8. The predicted octanol–water partition coefficient (Wildman–Crippen LogP) is 1.51. The highest BCUT2D eigenvalue weighted by Crippen LogP contribution is 2.15. The molecule has 2 N–H and O–H groups in total. The second-order valence-corrected chi connectivity index (χ2v) is 5.93. The van der Waals surface area contributed by atoms with Gasteiger partial charge in [0.1, 0.15) is 18.0 Å². The van der Waals surface area contributed by atoms with Gasteiger partial charge in [0.2, 0.25) is 0 Å². The number of hydrogen-bond acceptors (Lipinski definition) is 7. The van der Waals surface area contributed by atoms with Crippen LogP contribution in [0.5, 0.6) is 0 Å². The monoisotopic (exact) mass is 395 g/mol. The molecular weight excluding hydrogens is 378 g/mol. The van der Waals surface area contributed by atoms with Gasteiger partial charge < -0.3 is 24.7 Å². The molecule has 1 saturated heterocycles. The van der Waals surface area contributed by atoms with Gasteiger partial charge >= 0.3 is 0 Å². The molecule has 0 bridgehead atoms. The molecule has 1 aliphatic rings. The van der Waals surface area contributed by atoms with Crippen LogP contribution in [-0.2, 0) is 4.74 Å². The van der Waals surface area contributed by atoms with Gasteiger partial charge in [-0.15, -0.1) is 0 Å². The number of nitrogens with zero attached hydrogens (tertiary/aromatic N) is 3. The normalized spacial score (nSPS) is 14.5. The first kappa shape index (κ1) is 16.7. The summed E-state index contributed by atoms with van der Waals surface area (Å²) < 4.78 is 11.1. The van der Waals surface area contributed by atoms with Gasteiger partial charge in [0, 0.05) is 32.2 Å². The molecule has 0 atom stereocenters. The summed E-state index contributed by atoms with van der Waals surface area (Å²) >= 11 is 3.17. The van der Waals surface area contributed by atoms with Gasteiger partial charge in [-0.2, -0.15) is 0 Å². The van der Waals surface area contributed by atoms with Gasteiger partial charge in [-0.3, -0.25) is 4.79 Å². The fourth-order valence-corrected chi connectivity index (χ4v) is 2.61. The zero-order valence-corrected chi connectivity index (χ0v) is 14.6. The maximum Gasteiger partial charge on any atom is 0.287 e. The zero-order chi connectivity index (χ0) is 16.8. The number of anilines is 2. The summed E-state index contributed by atoms with van der Waals surface area (Å²) in [5.41, 5.74) is 0. The molecule has 1 aliphatic heterocycles. The first-order valence-electron chi connectivity index (χ1n) is 7.64. The molecule has 0 aromatic carbocycles. The van der Waals surface area contributed by atoms with Crippen LogP contribution in [0.25, 0.3) is 0 Å². The third kappa shape index (κ3) is 4.45. The molecule has 0 radical (unpaired) electrons. The van der Waals surface area contributed by atoms with Crippen LogP contribution < -0.4 is 15.5 Å². The smallest absolute Gasteiger partial charge is 0.287 e. The van der Waals surface area contributed by atoms with E-state index < -0.39 is 0 Å². The molecule has 1 fully saturated rings. The predicted molar refractivity (Wildman–Crippen MR) is 92.3 cm³/mol. The van der Waals surface area contributed by atoms with Crippen LogP contribution in [-0.4, -0.2) is 55.3 Å². The van der Waals surface area contributed by atoms with Crippen LogP contribution >= 0.6 is 15.9 Å². The van der Waals surface area contributed by atoms with Crippen molar-refractivity contribution in [2.75, 3.05) is 49.6 Å². The molecule has 0 unspecified atom stereocenters. The van der Waals surface area contributed by atoms with Gasteiger partial charge in [0.15, 0.2) is 10.4 Å². The Bertz CT molecular complexity index is 687. The topological polar surface area (TPSA) is 92.5 Å². The molecule has 1 amide bonds. The Labute approximate surface area is 147 Å². The lowest BCUT2D eigenvalue weighted by molar-refractivity contribution is 0.0926. The summed E-state index contributed by atoms with van der Waals surface area (Å²) in [5, 5.41) is 5.95. The molecule has 0 saturated carbocycles. The van der Waals surface area contributed by atoms with Crippen molar-refractivity contribution in [2.45, 2.75) is 0 Å². The molecule has 24 heavy (non-hydrogen) atoms. The van der Waals surface area contributed by atoms with Gasteiger partial charge in [-0.25, -0.2) is 9.97 Å². The van der Waals surface area contributed by atoms with Crippen LogP contribution in [0.1, 0.15) is 10.6 Å². The number of carbonyl (C=O) groups excluding carboxylic acids is 1. The molecule has 2 aromatic heterocycles. The Hall–Kier alpha value is -2.13. The van der Waals surface area contributed by atoms with Gasteiger partial charge in [0.25, 0.3) is 5.91 Å². The number of hydrogen-bond donors (Lipinski definition) is 2. The first-order valence-corrected chi connectivity index (χ1v) is 8.44. The number of nitrogens with one attached hydrogen (secondary N) is 2. The number of ether oxygens (including phenoxy) is 1. The van der Waals surface area contributed by atoms with Gasteiger partial charge in [-0.05, 0) is 28.1 Å². The van der Waals surface area contributed by atoms with Crippen LogP contribution in [0, 0.1) is 0 Å². The largest absolute Gasteiger partial charge is 0.444 e. The standard InChI is InChI=1S/C15H18BrN5O3/c16-12-2-1-11(24-12)15(22)18-4-3-17-13-9-14(20-10-19-13)21-5-7-23-8-6-21/h1-2,9-10H,3-8H2,(H,18,22)(H,17,19,20). The molecule has 0 aliphatic carbocycles. The molecular formula is C15H18BrN5O3. The van der Waals surface area contributed by atoms with Crippen LogP contribution in [0.4, 0.5) is 11.6 Å². The SMILES string of the molecule is O=C(NCCNc1cc(N2CCOCC2)ncn1)c1ccc(Br)o1. The highest BCUT2D eigenvalue weighted by Gasteiger charge is 2.13. The number of furan rings is 1. The summed E-state index contributed by atoms with van der Waals surface area (Å²) in [6, 6.07) is 5.20. The lowest BCUT2D eigenvalue weighted by atomic mass is 10.4. The van der Waals surface area contributed by atoms with Crippen LogP contribution in [0.2, 0.25) is 0 Å². The Morgan fingerprint density at radius 2 is 2.08 bits per heavy atom. The summed E-state index contributed by atoms with van der Waals surface area (Å²) in [6.45, 7) is 4.07. The van der Waals surface area contributed by atoms with Crippen molar-refractivity contribution in [1.82, 2.24) is 15.3 Å². The average Bonchev–Trinajstić information content (AvgIpc) is 3.06. The van der Waals surface area contributed by atoms with Crippen molar-refractivity contribution in [3.8, 4) is 0 Å². The average molecular weight is 396 g/mol. The highest BCUT2D eigenvalue weighted by molar-refractivity contribution is 9.10. The minimum absolute atomic E-state index is 0.251. The fraction of sp³-hybridized carbons (Fsp3) is 0.400. The number of amides is 1. The zero-order valence-electron chi connectivity index (χ0n) is 13.0. The van der Waals surface area contributed by atoms with E-state index in [2.05, 4.69) is 41.4 Å². The molecule has 8 nitrogen and oxygen atoms in total. The third-order valence-corrected chi connectivity index (χ3v) is 3.93. The maximum atomic E-state index is 11.8. The Balaban J connectivity index is 1.45. The third-order valence-electron chi connectivity index (χ3n) is 3.50. The summed E-state index contributed by atoms with van der Waals surface area (Å²) in [6.07, 6.45) is 1.53. The van der Waals surface area contributed by atoms with Crippen molar-refractivity contribution in [2.24, 2.45) is 0 Å². The van der Waals surface area contributed by atoms with E-state index in [1.807, 2.05) is 6.07 Å². The minimum Gasteiger partial charge on any atom is -0.444 e. The number of halogens is 1. The van der Waals surface area contributed by atoms with E-state index in [-0.39, 0.29) is 11.7 Å². The Morgan fingerprint density at radius 3 is 2.83 bits per heavy atom. The first-order chi connectivity index (χ1) is 11.7. The second kappa shape index (κ2) is 8.11. The van der Waals surface area contributed by atoms with Crippen LogP contribution in [0.15, 0.2) is 33.6 Å².